The van der Waals surface area contributed by atoms with Gasteiger partial charge in [0.05, 0.1) is 0 Å². The largest absolute Gasteiger partial charge is 1.00 e. The van der Waals surface area contributed by atoms with Gasteiger partial charge >= 0.3 is 5.97 Å². The molecule has 1 fully saturated rings. The third kappa shape index (κ3) is 7.50. The van der Waals surface area contributed by atoms with Crippen molar-refractivity contribution in [2.24, 2.45) is 23.7 Å². The van der Waals surface area contributed by atoms with E-state index < -0.39 is 12.0 Å². The van der Waals surface area contributed by atoms with Gasteiger partial charge in [-0.05, 0) is 37.5 Å². The highest BCUT2D eigenvalue weighted by Crippen LogP contribution is 2.28. The Balaban J connectivity index is 0.00000625. The van der Waals surface area contributed by atoms with Crippen LogP contribution < -0.4 is 28.8 Å². The van der Waals surface area contributed by atoms with Crippen LogP contribution in [-0.2, 0) is 14.4 Å². The SMILES string of the molecule is CC(C)[C@H]([NH3+])C(=O)NCC1CCC(C(=O)N[C@H](C(=O)O)C(C)C)CC1.[Cl-]. The molecule has 0 unspecified atom stereocenters. The molecular formula is C18H34ClN3O4. The molecule has 6 N–H and O–H groups in total. The quantitative estimate of drug-likeness (QED) is 0.362. The molecule has 0 spiro atoms. The van der Waals surface area contributed by atoms with E-state index in [9.17, 15) is 19.5 Å². The number of quaternary nitrogens is 1. The lowest BCUT2D eigenvalue weighted by Gasteiger charge is -2.29. The van der Waals surface area contributed by atoms with E-state index in [0.29, 0.717) is 12.5 Å². The highest BCUT2D eigenvalue weighted by molar-refractivity contribution is 5.85. The molecule has 8 heteroatoms. The lowest BCUT2D eigenvalue weighted by molar-refractivity contribution is -0.414. The molecule has 7 nitrogen and oxygen atoms in total. The molecule has 0 aromatic heterocycles. The maximum Gasteiger partial charge on any atom is 0.326 e. The second kappa shape index (κ2) is 11.4. The molecule has 0 saturated heterocycles. The van der Waals surface area contributed by atoms with Crippen molar-refractivity contribution in [2.45, 2.75) is 65.5 Å². The molecule has 0 radical (unpaired) electrons. The van der Waals surface area contributed by atoms with E-state index in [1.807, 2.05) is 13.8 Å². The number of carbonyl (C=O) groups excluding carboxylic acids is 2. The Kier molecular flexibility index (Phi) is 10.8. The van der Waals surface area contributed by atoms with Gasteiger partial charge in [-0.3, -0.25) is 9.59 Å². The summed E-state index contributed by atoms with van der Waals surface area (Å²) in [6.07, 6.45) is 3.19. The van der Waals surface area contributed by atoms with Crippen LogP contribution in [0.1, 0.15) is 53.4 Å². The highest BCUT2D eigenvalue weighted by atomic mass is 35.5. The lowest BCUT2D eigenvalue weighted by atomic mass is 9.81. The summed E-state index contributed by atoms with van der Waals surface area (Å²) in [5.41, 5.74) is 3.88. The number of hydrogen-bond acceptors (Lipinski definition) is 3. The predicted molar refractivity (Wildman–Crippen MR) is 94.4 cm³/mol. The topological polar surface area (TPSA) is 123 Å². The molecule has 2 atom stereocenters. The summed E-state index contributed by atoms with van der Waals surface area (Å²) >= 11 is 0. The first-order valence-corrected chi connectivity index (χ1v) is 9.27. The zero-order chi connectivity index (χ0) is 19.1. The Hall–Kier alpha value is -1.34. The van der Waals surface area contributed by atoms with Crippen molar-refractivity contribution >= 4 is 17.8 Å². The van der Waals surface area contributed by atoms with Crippen molar-refractivity contribution in [3.8, 4) is 0 Å². The number of carboxylic acids is 1. The average Bonchev–Trinajstić information content (AvgIpc) is 2.56. The maximum atomic E-state index is 12.3. The minimum atomic E-state index is -0.993. The van der Waals surface area contributed by atoms with Crippen LogP contribution in [0.3, 0.4) is 0 Å². The van der Waals surface area contributed by atoms with Gasteiger partial charge < -0.3 is 33.9 Å². The summed E-state index contributed by atoms with van der Waals surface area (Å²) in [5, 5.41) is 14.8. The molecule has 0 heterocycles. The third-order valence-corrected chi connectivity index (χ3v) is 5.15. The van der Waals surface area contributed by atoms with Crippen molar-refractivity contribution < 1.29 is 37.6 Å². The van der Waals surface area contributed by atoms with Gasteiger partial charge in [0.15, 0.2) is 6.04 Å². The van der Waals surface area contributed by atoms with Gasteiger partial charge in [0.1, 0.15) is 6.04 Å². The maximum absolute atomic E-state index is 12.3. The van der Waals surface area contributed by atoms with Gasteiger partial charge in [-0.25, -0.2) is 4.79 Å². The second-order valence-electron chi connectivity index (χ2n) is 7.88. The predicted octanol–water partition coefficient (Wildman–Crippen LogP) is -2.60. The smallest absolute Gasteiger partial charge is 0.326 e. The fraction of sp³-hybridized carbons (Fsp3) is 0.833. The van der Waals surface area contributed by atoms with Gasteiger partial charge in [0.25, 0.3) is 5.91 Å². The number of rotatable bonds is 8. The Bertz CT molecular complexity index is 477. The monoisotopic (exact) mass is 391 g/mol. The number of hydrogen-bond donors (Lipinski definition) is 4. The summed E-state index contributed by atoms with van der Waals surface area (Å²) in [6, 6.07) is -1.08. The standard InChI is InChI=1S/C18H33N3O4.ClH/c1-10(2)14(19)17(23)20-9-12-5-7-13(8-6-12)16(22)21-15(11(3)4)18(24)25;/h10-15H,5-9,19H2,1-4H3,(H,20,23)(H,21,22)(H,24,25);1H/t12?,13?,14-,15-;/m0./s1. The van der Waals surface area contributed by atoms with E-state index in [1.54, 1.807) is 13.8 Å². The van der Waals surface area contributed by atoms with Gasteiger partial charge in [-0.1, -0.05) is 27.7 Å². The number of amides is 2. The van der Waals surface area contributed by atoms with E-state index in [1.165, 1.54) is 0 Å². The number of halogens is 1. The van der Waals surface area contributed by atoms with Crippen LogP contribution in [0.4, 0.5) is 0 Å². The zero-order valence-corrected chi connectivity index (χ0v) is 17.0. The summed E-state index contributed by atoms with van der Waals surface area (Å²) in [6.45, 7) is 8.14. The number of carboxylic acid groups (broad SMARTS) is 1. The first-order chi connectivity index (χ1) is 11.6. The number of carbonyl (C=O) groups is 3. The molecule has 0 aliphatic heterocycles. The molecule has 0 aromatic rings. The third-order valence-electron chi connectivity index (χ3n) is 5.15. The molecule has 152 valence electrons. The minimum absolute atomic E-state index is 0. The molecule has 1 aliphatic rings. The van der Waals surface area contributed by atoms with Gasteiger partial charge in [-0.2, -0.15) is 0 Å². The fourth-order valence-corrected chi connectivity index (χ4v) is 3.09. The van der Waals surface area contributed by atoms with Crippen LogP contribution in [0.25, 0.3) is 0 Å². The number of aliphatic carboxylic acids is 1. The highest BCUT2D eigenvalue weighted by Gasteiger charge is 2.31. The van der Waals surface area contributed by atoms with Crippen LogP contribution in [-0.4, -0.2) is 41.5 Å². The molecule has 1 aliphatic carbocycles. The van der Waals surface area contributed by atoms with E-state index in [-0.39, 0.29) is 48.0 Å². The number of nitrogens with one attached hydrogen (secondary N) is 2. The first kappa shape index (κ1) is 24.7. The normalized spacial score (nSPS) is 22.3. The lowest BCUT2D eigenvalue weighted by Crippen LogP contribution is -3.00. The van der Waals surface area contributed by atoms with Crippen molar-refractivity contribution in [1.29, 1.82) is 0 Å². The molecule has 1 saturated carbocycles. The van der Waals surface area contributed by atoms with Crippen LogP contribution >= 0.6 is 0 Å². The zero-order valence-electron chi connectivity index (χ0n) is 16.3. The summed E-state index contributed by atoms with van der Waals surface area (Å²) in [7, 11) is 0. The van der Waals surface area contributed by atoms with Crippen molar-refractivity contribution in [3.63, 3.8) is 0 Å². The molecule has 26 heavy (non-hydrogen) atoms. The molecule has 2 amide bonds. The van der Waals surface area contributed by atoms with E-state index >= 15 is 0 Å². The Morgan fingerprint density at radius 3 is 2.00 bits per heavy atom. The van der Waals surface area contributed by atoms with E-state index in [4.69, 9.17) is 0 Å². The van der Waals surface area contributed by atoms with E-state index in [2.05, 4.69) is 16.4 Å². The van der Waals surface area contributed by atoms with Crippen molar-refractivity contribution in [3.05, 3.63) is 0 Å². The van der Waals surface area contributed by atoms with Gasteiger partial charge in [-0.15, -0.1) is 0 Å². The van der Waals surface area contributed by atoms with E-state index in [0.717, 1.165) is 25.7 Å². The summed E-state index contributed by atoms with van der Waals surface area (Å²) < 4.78 is 0. The van der Waals surface area contributed by atoms with Crippen molar-refractivity contribution in [2.75, 3.05) is 6.54 Å². The Labute approximate surface area is 162 Å². The van der Waals surface area contributed by atoms with Crippen molar-refractivity contribution in [1.82, 2.24) is 10.6 Å². The molecular weight excluding hydrogens is 358 g/mol. The molecule has 1 rings (SSSR count). The van der Waals surface area contributed by atoms with Crippen LogP contribution in [0.15, 0.2) is 0 Å². The van der Waals surface area contributed by atoms with Crippen LogP contribution in [0, 0.1) is 23.7 Å². The summed E-state index contributed by atoms with van der Waals surface area (Å²) in [4.78, 5) is 35.5. The van der Waals surface area contributed by atoms with Crippen LogP contribution in [0.5, 0.6) is 0 Å². The van der Waals surface area contributed by atoms with Gasteiger partial charge in [0.2, 0.25) is 5.91 Å². The fourth-order valence-electron chi connectivity index (χ4n) is 3.09. The second-order valence-corrected chi connectivity index (χ2v) is 7.88. The summed E-state index contributed by atoms with van der Waals surface area (Å²) in [5.74, 6) is -0.881. The molecule has 0 bridgehead atoms. The average molecular weight is 392 g/mol. The van der Waals surface area contributed by atoms with Crippen LogP contribution in [0.2, 0.25) is 0 Å². The Morgan fingerprint density at radius 2 is 1.58 bits per heavy atom. The molecule has 0 aromatic carbocycles. The minimum Gasteiger partial charge on any atom is -1.00 e. The Morgan fingerprint density at radius 1 is 1.04 bits per heavy atom. The van der Waals surface area contributed by atoms with Gasteiger partial charge in [0, 0.05) is 18.4 Å². The first-order valence-electron chi connectivity index (χ1n) is 9.27.